The molecule has 1 fully saturated rings. The van der Waals surface area contributed by atoms with Gasteiger partial charge >= 0.3 is 18.1 Å². The predicted octanol–water partition coefficient (Wildman–Crippen LogP) is 1.58. The van der Waals surface area contributed by atoms with Crippen LogP contribution in [0.25, 0.3) is 0 Å². The maximum Gasteiger partial charge on any atom is 0.412 e. The summed E-state index contributed by atoms with van der Waals surface area (Å²) in [6.07, 6.45) is -3.80. The molecular formula is C9H7F3O3. The normalized spacial score (nSPS) is 31.0. The molecule has 2 atom stereocenters. The molecule has 1 heterocycles. The van der Waals surface area contributed by atoms with E-state index < -0.39 is 35.5 Å². The topological polar surface area (TPSA) is 43.4 Å². The van der Waals surface area contributed by atoms with Crippen LogP contribution < -0.4 is 0 Å². The molecule has 0 radical (unpaired) electrons. The fourth-order valence-corrected chi connectivity index (χ4v) is 1.88. The quantitative estimate of drug-likeness (QED) is 0.353. The zero-order valence-electron chi connectivity index (χ0n) is 7.50. The van der Waals surface area contributed by atoms with Crippen molar-refractivity contribution < 1.29 is 27.5 Å². The predicted molar refractivity (Wildman–Crippen MR) is 41.5 cm³/mol. The number of fused-ring (bicyclic) bond motifs is 1. The van der Waals surface area contributed by atoms with Gasteiger partial charge < -0.3 is 4.74 Å². The van der Waals surface area contributed by atoms with Gasteiger partial charge in [0.2, 0.25) is 0 Å². The molecule has 0 amide bonds. The molecule has 0 spiro atoms. The minimum Gasteiger partial charge on any atom is -0.392 e. The Kier molecular flexibility index (Phi) is 2.09. The number of allylic oxidation sites excluding steroid dienone is 1. The average molecular weight is 220 g/mol. The Labute approximate surface area is 82.9 Å². The maximum atomic E-state index is 12.3. The molecule has 2 aliphatic rings. The number of carbonyl (C=O) groups excluding carboxylic acids is 2. The fourth-order valence-electron chi connectivity index (χ4n) is 1.88. The van der Waals surface area contributed by atoms with E-state index in [0.29, 0.717) is 0 Å². The van der Waals surface area contributed by atoms with E-state index in [1.54, 1.807) is 0 Å². The van der Waals surface area contributed by atoms with Crippen LogP contribution in [0.4, 0.5) is 13.2 Å². The average Bonchev–Trinajstić information content (AvgIpc) is 2.41. The van der Waals surface area contributed by atoms with Crippen molar-refractivity contribution in [2.24, 2.45) is 11.8 Å². The first-order valence-electron chi connectivity index (χ1n) is 4.43. The first-order chi connectivity index (χ1) is 6.89. The molecule has 15 heavy (non-hydrogen) atoms. The van der Waals surface area contributed by atoms with Crippen LogP contribution in [0.15, 0.2) is 11.6 Å². The molecule has 1 aliphatic carbocycles. The summed E-state index contributed by atoms with van der Waals surface area (Å²) in [6.45, 7) is 0. The molecule has 0 saturated carbocycles. The van der Waals surface area contributed by atoms with Crippen molar-refractivity contribution in [1.82, 2.24) is 0 Å². The Bertz CT molecular complexity index is 356. The van der Waals surface area contributed by atoms with Gasteiger partial charge in [0.05, 0.1) is 11.8 Å². The molecule has 3 nitrogen and oxygen atoms in total. The van der Waals surface area contributed by atoms with Crippen LogP contribution in [0.1, 0.15) is 12.8 Å². The third-order valence-corrected chi connectivity index (χ3v) is 2.68. The van der Waals surface area contributed by atoms with E-state index in [2.05, 4.69) is 4.74 Å². The van der Waals surface area contributed by atoms with Crippen molar-refractivity contribution in [2.45, 2.75) is 19.0 Å². The lowest BCUT2D eigenvalue weighted by molar-refractivity contribution is -0.153. The van der Waals surface area contributed by atoms with E-state index in [-0.39, 0.29) is 12.8 Å². The number of ether oxygens (including phenoxy) is 1. The van der Waals surface area contributed by atoms with Crippen molar-refractivity contribution in [3.05, 3.63) is 11.6 Å². The van der Waals surface area contributed by atoms with Gasteiger partial charge in [-0.2, -0.15) is 13.2 Å². The van der Waals surface area contributed by atoms with Gasteiger partial charge in [-0.05, 0) is 12.8 Å². The Morgan fingerprint density at radius 1 is 1.27 bits per heavy atom. The van der Waals surface area contributed by atoms with Gasteiger partial charge in [-0.25, -0.2) is 0 Å². The lowest BCUT2D eigenvalue weighted by Gasteiger charge is -2.21. The smallest absolute Gasteiger partial charge is 0.392 e. The monoisotopic (exact) mass is 220 g/mol. The molecule has 0 aromatic rings. The number of halogens is 3. The maximum absolute atomic E-state index is 12.3. The SMILES string of the molecule is O=C1OC(=O)[C@@H]2CCC(C(F)(F)F)=C[C@H]12. The lowest BCUT2D eigenvalue weighted by atomic mass is 9.82. The second-order valence-corrected chi connectivity index (χ2v) is 3.60. The molecular weight excluding hydrogens is 213 g/mol. The van der Waals surface area contributed by atoms with Crippen molar-refractivity contribution in [3.8, 4) is 0 Å². The minimum absolute atomic E-state index is 0.0284. The first-order valence-corrected chi connectivity index (χ1v) is 4.43. The molecule has 1 aliphatic heterocycles. The highest BCUT2D eigenvalue weighted by Crippen LogP contribution is 2.40. The van der Waals surface area contributed by atoms with Crippen LogP contribution in [0.3, 0.4) is 0 Å². The zero-order valence-corrected chi connectivity index (χ0v) is 7.50. The number of rotatable bonds is 0. The number of alkyl halides is 3. The van der Waals surface area contributed by atoms with E-state index in [1.807, 2.05) is 0 Å². The van der Waals surface area contributed by atoms with Gasteiger partial charge in [0.1, 0.15) is 0 Å². The van der Waals surface area contributed by atoms with Gasteiger partial charge in [0.25, 0.3) is 0 Å². The van der Waals surface area contributed by atoms with Crippen LogP contribution in [-0.2, 0) is 14.3 Å². The fraction of sp³-hybridized carbons (Fsp3) is 0.556. The van der Waals surface area contributed by atoms with Crippen LogP contribution in [0.5, 0.6) is 0 Å². The van der Waals surface area contributed by atoms with E-state index in [0.717, 1.165) is 6.08 Å². The van der Waals surface area contributed by atoms with Gasteiger partial charge in [-0.3, -0.25) is 9.59 Å². The zero-order chi connectivity index (χ0) is 11.2. The molecule has 0 aromatic carbocycles. The molecule has 0 aromatic heterocycles. The third-order valence-electron chi connectivity index (χ3n) is 2.68. The van der Waals surface area contributed by atoms with Crippen LogP contribution in [-0.4, -0.2) is 18.1 Å². The third kappa shape index (κ3) is 1.64. The van der Waals surface area contributed by atoms with E-state index in [9.17, 15) is 22.8 Å². The van der Waals surface area contributed by atoms with Gasteiger partial charge in [0, 0.05) is 5.57 Å². The Morgan fingerprint density at radius 2 is 1.93 bits per heavy atom. The lowest BCUT2D eigenvalue weighted by Crippen LogP contribution is -2.25. The number of carbonyl (C=O) groups is 2. The van der Waals surface area contributed by atoms with Gasteiger partial charge in [-0.1, -0.05) is 6.08 Å². The summed E-state index contributed by atoms with van der Waals surface area (Å²) in [6, 6.07) is 0. The summed E-state index contributed by atoms with van der Waals surface area (Å²) in [5.41, 5.74) is -0.740. The Balaban J connectivity index is 2.30. The van der Waals surface area contributed by atoms with Gasteiger partial charge in [-0.15, -0.1) is 0 Å². The van der Waals surface area contributed by atoms with Gasteiger partial charge in [0.15, 0.2) is 0 Å². The highest BCUT2D eigenvalue weighted by Gasteiger charge is 2.48. The largest absolute Gasteiger partial charge is 0.412 e. The second-order valence-electron chi connectivity index (χ2n) is 3.60. The summed E-state index contributed by atoms with van der Waals surface area (Å²) in [4.78, 5) is 22.1. The second kappa shape index (κ2) is 3.08. The summed E-state index contributed by atoms with van der Waals surface area (Å²) in [5.74, 6) is -3.33. The Hall–Kier alpha value is -1.33. The molecule has 0 unspecified atom stereocenters. The van der Waals surface area contributed by atoms with Crippen LogP contribution >= 0.6 is 0 Å². The molecule has 0 bridgehead atoms. The number of esters is 2. The number of hydrogen-bond acceptors (Lipinski definition) is 3. The number of cyclic esters (lactones) is 2. The molecule has 6 heteroatoms. The highest BCUT2D eigenvalue weighted by atomic mass is 19.4. The van der Waals surface area contributed by atoms with E-state index in [4.69, 9.17) is 0 Å². The summed E-state index contributed by atoms with van der Waals surface area (Å²) in [7, 11) is 0. The van der Waals surface area contributed by atoms with Crippen molar-refractivity contribution >= 4 is 11.9 Å². The van der Waals surface area contributed by atoms with Crippen LogP contribution in [0.2, 0.25) is 0 Å². The van der Waals surface area contributed by atoms with E-state index >= 15 is 0 Å². The summed E-state index contributed by atoms with van der Waals surface area (Å²) < 4.78 is 41.2. The van der Waals surface area contributed by atoms with Crippen molar-refractivity contribution in [2.75, 3.05) is 0 Å². The van der Waals surface area contributed by atoms with Crippen molar-refractivity contribution in [1.29, 1.82) is 0 Å². The number of hydrogen-bond donors (Lipinski definition) is 0. The summed E-state index contributed by atoms with van der Waals surface area (Å²) in [5, 5.41) is 0. The highest BCUT2D eigenvalue weighted by molar-refractivity contribution is 5.97. The molecule has 1 saturated heterocycles. The van der Waals surface area contributed by atoms with Crippen LogP contribution in [0, 0.1) is 11.8 Å². The minimum atomic E-state index is -4.42. The molecule has 2 rings (SSSR count). The summed E-state index contributed by atoms with van der Waals surface area (Å²) >= 11 is 0. The molecule has 0 N–H and O–H groups in total. The van der Waals surface area contributed by atoms with Crippen molar-refractivity contribution in [3.63, 3.8) is 0 Å². The first kappa shape index (κ1) is 10.2. The van der Waals surface area contributed by atoms with E-state index in [1.165, 1.54) is 0 Å². The standard InChI is InChI=1S/C9H7F3O3/c10-9(11,12)4-1-2-5-6(3-4)8(14)15-7(5)13/h3,5-6H,1-2H2/t5-,6+/m1/s1. The molecule has 82 valence electrons. The Morgan fingerprint density at radius 3 is 2.53 bits per heavy atom.